The predicted molar refractivity (Wildman–Crippen MR) is 182 cm³/mol. The van der Waals surface area contributed by atoms with E-state index in [2.05, 4.69) is 0 Å². The summed E-state index contributed by atoms with van der Waals surface area (Å²) in [5.74, 6) is -4.87. The first-order valence-electron chi connectivity index (χ1n) is 16.1. The van der Waals surface area contributed by atoms with Gasteiger partial charge in [0.15, 0.2) is 23.8 Å². The van der Waals surface area contributed by atoms with E-state index in [1.165, 1.54) is 13.8 Å². The lowest BCUT2D eigenvalue weighted by Gasteiger charge is -2.18. The predicted octanol–water partition coefficient (Wildman–Crippen LogP) is 6.01. The van der Waals surface area contributed by atoms with E-state index < -0.39 is 47.9 Å². The van der Waals surface area contributed by atoms with Crippen molar-refractivity contribution in [3.05, 3.63) is 143 Å². The minimum Gasteiger partial charge on any atom is -0.459 e. The van der Waals surface area contributed by atoms with Crippen LogP contribution in [0.2, 0.25) is 0 Å². The maximum Gasteiger partial charge on any atom is 0.347 e. The van der Waals surface area contributed by atoms with Crippen LogP contribution in [0.1, 0.15) is 82.5 Å². The molecule has 0 aliphatic heterocycles. The molecule has 10 nitrogen and oxygen atoms in total. The van der Waals surface area contributed by atoms with Crippen LogP contribution in [0.4, 0.5) is 0 Å². The largest absolute Gasteiger partial charge is 0.459 e. The van der Waals surface area contributed by atoms with Crippen molar-refractivity contribution in [2.75, 3.05) is 13.2 Å². The average molecular weight is 679 g/mol. The van der Waals surface area contributed by atoms with Gasteiger partial charge in [0, 0.05) is 22.3 Å². The molecule has 0 spiro atoms. The molecule has 258 valence electrons. The number of hydrogen-bond acceptors (Lipinski definition) is 10. The highest BCUT2D eigenvalue weighted by Gasteiger charge is 2.26. The molecule has 0 aliphatic rings. The molecule has 0 heterocycles. The van der Waals surface area contributed by atoms with E-state index in [1.54, 1.807) is 111 Å². The molecular weight excluding hydrogens is 640 g/mol. The molecule has 0 fully saturated rings. The van der Waals surface area contributed by atoms with Crippen molar-refractivity contribution in [2.24, 2.45) is 0 Å². The Hall–Kier alpha value is -5.90. The zero-order chi connectivity index (χ0) is 36.2. The van der Waals surface area contributed by atoms with E-state index in [4.69, 9.17) is 18.9 Å². The molecule has 4 rings (SSSR count). The van der Waals surface area contributed by atoms with Crippen LogP contribution < -0.4 is 0 Å². The Balaban J connectivity index is 1.17. The Kier molecular flexibility index (Phi) is 12.9. The highest BCUT2D eigenvalue weighted by molar-refractivity contribution is 6.09. The Morgan fingerprint density at radius 1 is 0.440 bits per heavy atom. The highest BCUT2D eigenvalue weighted by atomic mass is 16.6. The van der Waals surface area contributed by atoms with E-state index in [-0.39, 0.29) is 24.8 Å². The third-order valence-corrected chi connectivity index (χ3v) is 7.92. The number of hydrogen-bond donors (Lipinski definition) is 0. The second-order valence-corrected chi connectivity index (χ2v) is 11.6. The first-order chi connectivity index (χ1) is 24.0. The molecule has 0 N–H and O–H groups in total. The summed E-state index contributed by atoms with van der Waals surface area (Å²) in [6, 6.07) is 30.8. The van der Waals surface area contributed by atoms with Crippen molar-refractivity contribution < 1.29 is 47.7 Å². The zero-order valence-electron chi connectivity index (χ0n) is 28.2. The quantitative estimate of drug-likeness (QED) is 0.0636. The molecule has 4 atom stereocenters. The number of carbonyl (C=O) groups excluding carboxylic acids is 6. The first-order valence-corrected chi connectivity index (χ1v) is 16.1. The van der Waals surface area contributed by atoms with Gasteiger partial charge in [-0.15, -0.1) is 0 Å². The molecule has 50 heavy (non-hydrogen) atoms. The van der Waals surface area contributed by atoms with Gasteiger partial charge in [0.1, 0.15) is 13.2 Å². The molecule has 0 aromatic heterocycles. The van der Waals surface area contributed by atoms with Crippen molar-refractivity contribution >= 4 is 35.4 Å². The Bertz CT molecular complexity index is 1820. The maximum absolute atomic E-state index is 12.8. The second kappa shape index (κ2) is 17.5. The summed E-state index contributed by atoms with van der Waals surface area (Å²) in [7, 11) is 0. The van der Waals surface area contributed by atoms with Crippen LogP contribution in [0.5, 0.6) is 0 Å². The van der Waals surface area contributed by atoms with Gasteiger partial charge in [-0.25, -0.2) is 9.59 Å². The second-order valence-electron chi connectivity index (χ2n) is 11.6. The lowest BCUT2D eigenvalue weighted by atomic mass is 9.96. The molecule has 0 saturated carbocycles. The van der Waals surface area contributed by atoms with Crippen molar-refractivity contribution in [1.29, 1.82) is 0 Å². The molecule has 4 aromatic carbocycles. The fourth-order valence-electron chi connectivity index (χ4n) is 4.83. The van der Waals surface area contributed by atoms with Crippen LogP contribution in [0.3, 0.4) is 0 Å². The summed E-state index contributed by atoms with van der Waals surface area (Å²) < 4.78 is 20.7. The lowest BCUT2D eigenvalue weighted by molar-refractivity contribution is -0.172. The van der Waals surface area contributed by atoms with Gasteiger partial charge < -0.3 is 18.9 Å². The van der Waals surface area contributed by atoms with Gasteiger partial charge in [0.25, 0.3) is 0 Å². The van der Waals surface area contributed by atoms with E-state index >= 15 is 0 Å². The van der Waals surface area contributed by atoms with Crippen LogP contribution in [-0.4, -0.2) is 60.9 Å². The average Bonchev–Trinajstić information content (AvgIpc) is 3.15. The van der Waals surface area contributed by atoms with Gasteiger partial charge in [0.2, 0.25) is 0 Å². The topological polar surface area (TPSA) is 139 Å². The minimum atomic E-state index is -1.25. The summed E-state index contributed by atoms with van der Waals surface area (Å²) in [5.41, 5.74) is 3.10. The monoisotopic (exact) mass is 678 g/mol. The van der Waals surface area contributed by atoms with E-state index in [0.29, 0.717) is 33.4 Å². The first kappa shape index (κ1) is 36.9. The van der Waals surface area contributed by atoms with Crippen molar-refractivity contribution in [2.45, 2.75) is 51.7 Å². The van der Waals surface area contributed by atoms with E-state index in [0.717, 1.165) is 0 Å². The Morgan fingerprint density at radius 3 is 1.32 bits per heavy atom. The van der Waals surface area contributed by atoms with E-state index in [9.17, 15) is 28.8 Å². The lowest BCUT2D eigenvalue weighted by Crippen LogP contribution is -2.31. The Labute approximate surface area is 290 Å². The van der Waals surface area contributed by atoms with Crippen LogP contribution in [-0.2, 0) is 38.1 Å². The number of rotatable bonds is 15. The molecule has 0 aliphatic carbocycles. The van der Waals surface area contributed by atoms with Crippen molar-refractivity contribution in [3.63, 3.8) is 0 Å². The van der Waals surface area contributed by atoms with Gasteiger partial charge in [0.05, 0.1) is 11.8 Å². The summed E-state index contributed by atoms with van der Waals surface area (Å²) in [4.78, 5) is 75.8. The molecule has 0 unspecified atom stereocenters. The summed E-state index contributed by atoms with van der Waals surface area (Å²) in [6.45, 7) is 5.29. The summed E-state index contributed by atoms with van der Waals surface area (Å²) in [6.07, 6.45) is -2.48. The van der Waals surface area contributed by atoms with Crippen molar-refractivity contribution in [1.82, 2.24) is 0 Å². The van der Waals surface area contributed by atoms with Gasteiger partial charge in [-0.2, -0.15) is 0 Å². The smallest absolute Gasteiger partial charge is 0.347 e. The van der Waals surface area contributed by atoms with Crippen molar-refractivity contribution in [3.8, 4) is 0 Å². The fraction of sp³-hybridized carbons (Fsp3) is 0.250. The molecule has 10 heteroatoms. The van der Waals surface area contributed by atoms with Gasteiger partial charge in [-0.1, -0.05) is 103 Å². The standard InChI is InChI=1S/C40H38O10/c1-25(29-18-20-32(21-19-29)35(41)30-12-7-5-8-13-30)37(43)49-27(3)39(45)47-22-23-48-40(46)28(4)50-38(44)26(2)33-16-11-17-34(24-33)36(42)31-14-9-6-10-15-31/h5-21,24-28H,22-23H2,1-4H3/t25-,26+,27+,28-/m1/s1. The number of ether oxygens (including phenoxy) is 4. The highest BCUT2D eigenvalue weighted by Crippen LogP contribution is 2.22. The fourth-order valence-corrected chi connectivity index (χ4v) is 4.83. The molecule has 0 saturated heterocycles. The van der Waals surface area contributed by atoms with Crippen LogP contribution >= 0.6 is 0 Å². The SMILES string of the molecule is C[C@H](OC(=O)[C@H](C)c1ccc(C(=O)c2ccccc2)cc1)C(=O)OCCOC(=O)[C@@H](C)OC(=O)[C@@H](C)c1cccc(C(=O)c2ccccc2)c1. The van der Waals surface area contributed by atoms with Gasteiger partial charge in [-0.05, 0) is 44.9 Å². The maximum atomic E-state index is 12.8. The number of ketones is 2. The van der Waals surface area contributed by atoms with Crippen LogP contribution in [0, 0.1) is 0 Å². The zero-order valence-corrected chi connectivity index (χ0v) is 28.2. The van der Waals surface area contributed by atoms with Gasteiger partial charge >= 0.3 is 23.9 Å². The summed E-state index contributed by atoms with van der Waals surface area (Å²) in [5, 5.41) is 0. The number of esters is 4. The third-order valence-electron chi connectivity index (χ3n) is 7.92. The molecule has 0 radical (unpaired) electrons. The van der Waals surface area contributed by atoms with Crippen LogP contribution in [0.25, 0.3) is 0 Å². The Morgan fingerprint density at radius 2 is 0.840 bits per heavy atom. The normalized spacial score (nSPS) is 13.1. The van der Waals surface area contributed by atoms with E-state index in [1.807, 2.05) is 12.1 Å². The minimum absolute atomic E-state index is 0.143. The number of carbonyl (C=O) groups is 6. The summed E-state index contributed by atoms with van der Waals surface area (Å²) >= 11 is 0. The molecular formula is C40H38O10. The molecule has 4 aromatic rings. The number of benzene rings is 4. The van der Waals surface area contributed by atoms with Crippen LogP contribution in [0.15, 0.2) is 109 Å². The van der Waals surface area contributed by atoms with Gasteiger partial charge in [-0.3, -0.25) is 19.2 Å². The molecule has 0 amide bonds. The third kappa shape index (κ3) is 9.82. The molecule has 0 bridgehead atoms.